The summed E-state index contributed by atoms with van der Waals surface area (Å²) in [5, 5.41) is 6.35. The van der Waals surface area contributed by atoms with Crippen molar-refractivity contribution in [1.82, 2.24) is 9.29 Å². The van der Waals surface area contributed by atoms with Crippen molar-refractivity contribution in [2.75, 3.05) is 36.4 Å². The fourth-order valence-electron chi connectivity index (χ4n) is 3.87. The van der Waals surface area contributed by atoms with Gasteiger partial charge >= 0.3 is 0 Å². The lowest BCUT2D eigenvalue weighted by molar-refractivity contribution is 0.445. The quantitative estimate of drug-likeness (QED) is 0.390. The maximum Gasteiger partial charge on any atom is 0.243 e. The third-order valence-corrected chi connectivity index (χ3v) is 10.2. The molecule has 1 saturated heterocycles. The molecule has 176 valence electrons. The molecule has 1 N–H and O–H groups in total. The van der Waals surface area contributed by atoms with Gasteiger partial charge in [-0.05, 0) is 48.9 Å². The summed E-state index contributed by atoms with van der Waals surface area (Å²) in [4.78, 5) is 10.1. The number of hydrogen-bond acceptors (Lipinski definition) is 7. The third kappa shape index (κ3) is 5.00. The second-order valence-corrected chi connectivity index (χ2v) is 12.1. The van der Waals surface area contributed by atoms with Gasteiger partial charge in [0.2, 0.25) is 10.0 Å². The summed E-state index contributed by atoms with van der Waals surface area (Å²) in [5.41, 5.74) is 2.51. The van der Waals surface area contributed by atoms with Crippen LogP contribution in [0.3, 0.4) is 0 Å². The predicted octanol–water partition coefficient (Wildman–Crippen LogP) is 5.60. The van der Waals surface area contributed by atoms with Crippen molar-refractivity contribution >= 4 is 60.7 Å². The van der Waals surface area contributed by atoms with E-state index in [1.807, 2.05) is 38.3 Å². The van der Waals surface area contributed by atoms with E-state index in [9.17, 15) is 8.42 Å². The number of sulfonamides is 1. The molecule has 1 aromatic carbocycles. The van der Waals surface area contributed by atoms with Crippen molar-refractivity contribution in [2.45, 2.75) is 38.5 Å². The van der Waals surface area contributed by atoms with E-state index in [0.717, 1.165) is 39.2 Å². The number of rotatable bonds is 8. The maximum atomic E-state index is 13.0. The topological polar surface area (TPSA) is 65.5 Å². The Hall–Kier alpha value is -1.85. The Labute approximate surface area is 209 Å². The van der Waals surface area contributed by atoms with Gasteiger partial charge in [0.25, 0.3) is 0 Å². The van der Waals surface area contributed by atoms with Crippen molar-refractivity contribution in [3.05, 3.63) is 46.2 Å². The molecule has 4 rings (SSSR count). The molecule has 0 radical (unpaired) electrons. The lowest BCUT2D eigenvalue weighted by Crippen LogP contribution is -2.30. The van der Waals surface area contributed by atoms with Crippen LogP contribution in [0.25, 0.3) is 10.6 Å². The maximum absolute atomic E-state index is 13.0. The lowest BCUT2D eigenvalue weighted by atomic mass is 10.2. The Morgan fingerprint density at radius 3 is 2.58 bits per heavy atom. The predicted molar refractivity (Wildman–Crippen MR) is 143 cm³/mol. The van der Waals surface area contributed by atoms with E-state index < -0.39 is 10.0 Å². The minimum Gasteiger partial charge on any atom is -0.348 e. The summed E-state index contributed by atoms with van der Waals surface area (Å²) in [7, 11) is -3.56. The minimum atomic E-state index is -3.56. The Morgan fingerprint density at radius 1 is 1.21 bits per heavy atom. The average Bonchev–Trinajstić information content (AvgIpc) is 3.55. The number of aromatic nitrogens is 1. The highest BCUT2D eigenvalue weighted by molar-refractivity contribution is 7.89. The standard InChI is InChI=1S/C23H28N4O2S4/c1-4-27(5-2)33(28,29)17-11-10-16(3)18(15-17)24-22(30)21-20(19-9-8-14-31-19)25-23(32-21)26-12-6-7-13-26/h8-11,14-15H,4-7,12-13H2,1-3H3,(H,24,30). The van der Waals surface area contributed by atoms with Crippen LogP contribution in [0.4, 0.5) is 10.8 Å². The van der Waals surface area contributed by atoms with Crippen LogP contribution in [0.1, 0.15) is 37.1 Å². The third-order valence-electron chi connectivity index (χ3n) is 5.75. The Bertz CT molecular complexity index is 1230. The second kappa shape index (κ2) is 10.2. The molecule has 2 aromatic heterocycles. The monoisotopic (exact) mass is 520 g/mol. The molecule has 0 saturated carbocycles. The highest BCUT2D eigenvalue weighted by Gasteiger charge is 2.25. The van der Waals surface area contributed by atoms with E-state index in [1.54, 1.807) is 34.8 Å². The number of anilines is 2. The molecule has 1 fully saturated rings. The lowest BCUT2D eigenvalue weighted by Gasteiger charge is -2.19. The second-order valence-electron chi connectivity index (χ2n) is 7.87. The number of hydrogen-bond donors (Lipinski definition) is 1. The molecule has 3 heterocycles. The largest absolute Gasteiger partial charge is 0.348 e. The van der Waals surface area contributed by atoms with E-state index in [1.165, 1.54) is 17.1 Å². The molecule has 1 aliphatic heterocycles. The number of thiocarbonyl (C=S) groups is 1. The molecule has 0 unspecified atom stereocenters. The zero-order valence-corrected chi connectivity index (χ0v) is 22.3. The summed E-state index contributed by atoms with van der Waals surface area (Å²) in [6.45, 7) is 8.52. The molecular weight excluding hydrogens is 493 g/mol. The van der Waals surface area contributed by atoms with E-state index in [2.05, 4.69) is 16.3 Å². The van der Waals surface area contributed by atoms with Crippen LogP contribution in [-0.4, -0.2) is 48.9 Å². The van der Waals surface area contributed by atoms with Crippen molar-refractivity contribution in [3.63, 3.8) is 0 Å². The van der Waals surface area contributed by atoms with Crippen LogP contribution >= 0.6 is 34.9 Å². The zero-order valence-electron chi connectivity index (χ0n) is 19.0. The molecule has 6 nitrogen and oxygen atoms in total. The van der Waals surface area contributed by atoms with Gasteiger partial charge in [0, 0.05) is 31.9 Å². The number of thiazole rings is 1. The Kier molecular flexibility index (Phi) is 7.49. The Morgan fingerprint density at radius 2 is 1.94 bits per heavy atom. The molecular formula is C23H28N4O2S4. The highest BCUT2D eigenvalue weighted by atomic mass is 32.2. The number of thiophene rings is 1. The van der Waals surface area contributed by atoms with Gasteiger partial charge < -0.3 is 10.2 Å². The van der Waals surface area contributed by atoms with Gasteiger partial charge in [-0.25, -0.2) is 13.4 Å². The van der Waals surface area contributed by atoms with Gasteiger partial charge in [0.15, 0.2) is 5.13 Å². The van der Waals surface area contributed by atoms with Crippen LogP contribution in [0.2, 0.25) is 0 Å². The summed E-state index contributed by atoms with van der Waals surface area (Å²) >= 11 is 9.07. The fourth-order valence-corrected chi connectivity index (χ4v) is 7.50. The fraction of sp³-hybridized carbons (Fsp3) is 0.391. The normalized spacial score (nSPS) is 14.2. The molecule has 0 aliphatic carbocycles. The number of benzene rings is 1. The summed E-state index contributed by atoms with van der Waals surface area (Å²) in [6.07, 6.45) is 2.36. The molecule has 0 atom stereocenters. The first kappa shape index (κ1) is 24.3. The SMILES string of the molecule is CCN(CC)S(=O)(=O)c1ccc(C)c(NC(=S)c2sc(N3CCCC3)nc2-c2cccs2)c1. The number of aryl methyl sites for hydroxylation is 1. The molecule has 0 amide bonds. The van der Waals surface area contributed by atoms with Crippen LogP contribution < -0.4 is 10.2 Å². The van der Waals surface area contributed by atoms with Gasteiger partial charge in [0.05, 0.1) is 14.6 Å². The van der Waals surface area contributed by atoms with Gasteiger partial charge in [-0.3, -0.25) is 0 Å². The average molecular weight is 521 g/mol. The summed E-state index contributed by atoms with van der Waals surface area (Å²) in [5.74, 6) is 0. The van der Waals surface area contributed by atoms with Crippen LogP contribution in [0, 0.1) is 6.92 Å². The zero-order chi connectivity index (χ0) is 23.6. The minimum absolute atomic E-state index is 0.266. The number of nitrogens with one attached hydrogen (secondary N) is 1. The summed E-state index contributed by atoms with van der Waals surface area (Å²) in [6, 6.07) is 9.24. The molecule has 0 bridgehead atoms. The van der Waals surface area contributed by atoms with Crippen LogP contribution in [0.15, 0.2) is 40.6 Å². The summed E-state index contributed by atoms with van der Waals surface area (Å²) < 4.78 is 27.5. The van der Waals surface area contributed by atoms with Crippen molar-refractivity contribution in [2.24, 2.45) is 0 Å². The van der Waals surface area contributed by atoms with Gasteiger partial charge in [-0.15, -0.1) is 11.3 Å². The molecule has 0 spiro atoms. The molecule has 10 heteroatoms. The number of nitrogens with zero attached hydrogens (tertiary/aromatic N) is 3. The van der Waals surface area contributed by atoms with Gasteiger partial charge in [-0.2, -0.15) is 4.31 Å². The van der Waals surface area contributed by atoms with Gasteiger partial charge in [0.1, 0.15) is 10.7 Å². The van der Waals surface area contributed by atoms with Gasteiger partial charge in [-0.1, -0.05) is 49.5 Å². The van der Waals surface area contributed by atoms with Crippen molar-refractivity contribution in [1.29, 1.82) is 0 Å². The molecule has 1 aliphatic rings. The highest BCUT2D eigenvalue weighted by Crippen LogP contribution is 2.37. The van der Waals surface area contributed by atoms with Crippen LogP contribution in [0.5, 0.6) is 0 Å². The van der Waals surface area contributed by atoms with Crippen LogP contribution in [-0.2, 0) is 10.0 Å². The molecule has 33 heavy (non-hydrogen) atoms. The van der Waals surface area contributed by atoms with Crippen molar-refractivity contribution in [3.8, 4) is 10.6 Å². The van der Waals surface area contributed by atoms with E-state index in [-0.39, 0.29) is 4.90 Å². The van der Waals surface area contributed by atoms with Crippen molar-refractivity contribution < 1.29 is 8.42 Å². The first-order chi connectivity index (χ1) is 15.8. The first-order valence-electron chi connectivity index (χ1n) is 11.1. The van der Waals surface area contributed by atoms with E-state index >= 15 is 0 Å². The van der Waals surface area contributed by atoms with E-state index in [4.69, 9.17) is 17.2 Å². The molecule has 3 aromatic rings. The Balaban J connectivity index is 1.67. The smallest absolute Gasteiger partial charge is 0.243 e. The van der Waals surface area contributed by atoms with E-state index in [0.29, 0.717) is 23.8 Å². The first-order valence-corrected chi connectivity index (χ1v) is 14.6.